The maximum absolute atomic E-state index is 13.3. The summed E-state index contributed by atoms with van der Waals surface area (Å²) in [4.78, 5) is 22.2. The topological polar surface area (TPSA) is 93.3 Å². The lowest BCUT2D eigenvalue weighted by molar-refractivity contribution is -0.142. The number of benzene rings is 1. The normalized spacial score (nSPS) is 15.7. The average molecular weight is 490 g/mol. The predicted molar refractivity (Wildman–Crippen MR) is 133 cm³/mol. The zero-order valence-electron chi connectivity index (χ0n) is 19.8. The fourth-order valence-corrected chi connectivity index (χ4v) is 5.73. The molecule has 0 saturated heterocycles. The quantitative estimate of drug-likeness (QED) is 0.376. The van der Waals surface area contributed by atoms with Crippen LogP contribution in [0.5, 0.6) is 0 Å². The van der Waals surface area contributed by atoms with E-state index in [9.17, 15) is 14.3 Å². The Morgan fingerprint density at radius 1 is 1.09 bits per heavy atom. The van der Waals surface area contributed by atoms with Gasteiger partial charge in [-0.15, -0.1) is 21.5 Å². The van der Waals surface area contributed by atoms with Crippen LogP contribution in [0.1, 0.15) is 52.6 Å². The van der Waals surface area contributed by atoms with Crippen molar-refractivity contribution in [2.24, 2.45) is 10.9 Å². The van der Waals surface area contributed by atoms with Crippen molar-refractivity contribution >= 4 is 23.0 Å². The van der Waals surface area contributed by atoms with Gasteiger partial charge >= 0.3 is 5.97 Å². The van der Waals surface area contributed by atoms with Crippen LogP contribution in [0.4, 0.5) is 4.39 Å². The van der Waals surface area contributed by atoms with Gasteiger partial charge in [-0.3, -0.25) is 14.4 Å². The average Bonchev–Trinajstić information content (AvgIpc) is 3.31. The van der Waals surface area contributed by atoms with Crippen molar-refractivity contribution in [1.82, 2.24) is 19.7 Å². The van der Waals surface area contributed by atoms with Gasteiger partial charge in [0.1, 0.15) is 16.9 Å². The van der Waals surface area contributed by atoms with Crippen LogP contribution >= 0.6 is 11.3 Å². The molecule has 0 aliphatic carbocycles. The third kappa shape index (κ3) is 3.85. The minimum absolute atomic E-state index is 0.408. The molecule has 0 amide bonds. The number of carbonyl (C=O) groups is 1. The Balaban J connectivity index is 1.71. The number of nitrogens with zero attached hydrogens (tertiary/aromatic N) is 5. The molecule has 0 radical (unpaired) electrons. The summed E-state index contributed by atoms with van der Waals surface area (Å²) in [6.45, 7) is 7.86. The number of pyridine rings is 1. The molecule has 0 fully saturated rings. The van der Waals surface area contributed by atoms with Crippen LogP contribution in [-0.2, 0) is 4.79 Å². The lowest BCUT2D eigenvalue weighted by atomic mass is 9.95. The van der Waals surface area contributed by atoms with Gasteiger partial charge in [0.05, 0.1) is 11.6 Å². The predicted octanol–water partition coefficient (Wildman–Crippen LogP) is 5.46. The van der Waals surface area contributed by atoms with Crippen molar-refractivity contribution in [3.63, 3.8) is 0 Å². The maximum Gasteiger partial charge on any atom is 0.309 e. The van der Waals surface area contributed by atoms with E-state index in [2.05, 4.69) is 29.0 Å². The SMILES string of the molecule is CCC(C(=O)O)[C@@H]1N=C(c2ccc(-c3ccc(F)nc3)cc2)c2c(sc(C)c2C)-n2c(C)nnc21. The van der Waals surface area contributed by atoms with Gasteiger partial charge in [0, 0.05) is 27.8 Å². The van der Waals surface area contributed by atoms with Crippen LogP contribution in [0.25, 0.3) is 16.1 Å². The maximum atomic E-state index is 13.3. The van der Waals surface area contributed by atoms with Crippen molar-refractivity contribution in [3.8, 4) is 16.1 Å². The Bertz CT molecular complexity index is 1450. The highest BCUT2D eigenvalue weighted by molar-refractivity contribution is 7.15. The van der Waals surface area contributed by atoms with E-state index in [0.717, 1.165) is 43.4 Å². The molecule has 1 unspecified atom stereocenters. The summed E-state index contributed by atoms with van der Waals surface area (Å²) in [6, 6.07) is 10.2. The fraction of sp³-hybridized carbons (Fsp3) is 0.269. The Morgan fingerprint density at radius 3 is 2.40 bits per heavy atom. The van der Waals surface area contributed by atoms with Crippen molar-refractivity contribution in [1.29, 1.82) is 0 Å². The molecule has 1 aliphatic heterocycles. The first-order valence-corrected chi connectivity index (χ1v) is 12.2. The number of hydrogen-bond acceptors (Lipinski definition) is 6. The molecule has 1 aliphatic rings. The van der Waals surface area contributed by atoms with Gasteiger partial charge in [0.2, 0.25) is 5.95 Å². The molecular formula is C26H24FN5O2S. The third-order valence-corrected chi connectivity index (χ3v) is 7.74. The van der Waals surface area contributed by atoms with E-state index in [1.54, 1.807) is 17.4 Å². The molecule has 2 atom stereocenters. The van der Waals surface area contributed by atoms with Crippen LogP contribution in [0.2, 0.25) is 0 Å². The summed E-state index contributed by atoms with van der Waals surface area (Å²) < 4.78 is 15.2. The minimum Gasteiger partial charge on any atom is -0.481 e. The van der Waals surface area contributed by atoms with Crippen molar-refractivity contribution in [2.75, 3.05) is 0 Å². The van der Waals surface area contributed by atoms with E-state index < -0.39 is 23.9 Å². The van der Waals surface area contributed by atoms with E-state index in [1.807, 2.05) is 42.7 Å². The highest BCUT2D eigenvalue weighted by Gasteiger charge is 2.37. The van der Waals surface area contributed by atoms with Crippen molar-refractivity contribution < 1.29 is 14.3 Å². The number of carboxylic acids is 1. The minimum atomic E-state index is -0.912. The van der Waals surface area contributed by atoms with Crippen LogP contribution in [0.3, 0.4) is 0 Å². The molecule has 3 aromatic heterocycles. The lowest BCUT2D eigenvalue weighted by Crippen LogP contribution is -2.23. The fourth-order valence-electron chi connectivity index (χ4n) is 4.52. The number of aliphatic imine (C=N–C) groups is 1. The molecule has 9 heteroatoms. The number of aryl methyl sites for hydroxylation is 2. The number of thiophene rings is 1. The van der Waals surface area contributed by atoms with E-state index in [1.165, 1.54) is 12.3 Å². The Labute approximate surface area is 206 Å². The van der Waals surface area contributed by atoms with Gasteiger partial charge in [-0.05, 0) is 50.5 Å². The molecule has 5 rings (SSSR count). The van der Waals surface area contributed by atoms with Gasteiger partial charge in [-0.25, -0.2) is 4.98 Å². The molecule has 0 spiro atoms. The number of aliphatic carboxylic acids is 1. The van der Waals surface area contributed by atoms with E-state index in [-0.39, 0.29) is 0 Å². The molecule has 4 aromatic rings. The molecule has 35 heavy (non-hydrogen) atoms. The zero-order valence-corrected chi connectivity index (χ0v) is 20.6. The number of aromatic nitrogens is 4. The Hall–Kier alpha value is -3.72. The highest BCUT2D eigenvalue weighted by Crippen LogP contribution is 2.41. The molecule has 7 nitrogen and oxygen atoms in total. The summed E-state index contributed by atoms with van der Waals surface area (Å²) in [6.07, 6.45) is 1.91. The van der Waals surface area contributed by atoms with Gasteiger partial charge in [0.25, 0.3) is 0 Å². The number of rotatable bonds is 5. The van der Waals surface area contributed by atoms with Crippen molar-refractivity contribution in [2.45, 2.75) is 40.2 Å². The van der Waals surface area contributed by atoms with Crippen molar-refractivity contribution in [3.05, 3.63) is 81.8 Å². The molecule has 178 valence electrons. The highest BCUT2D eigenvalue weighted by atomic mass is 32.1. The third-order valence-electron chi connectivity index (χ3n) is 6.55. The molecule has 4 heterocycles. The van der Waals surface area contributed by atoms with Gasteiger partial charge in [-0.2, -0.15) is 4.39 Å². The first-order chi connectivity index (χ1) is 16.8. The Morgan fingerprint density at radius 2 is 1.77 bits per heavy atom. The van der Waals surface area contributed by atoms with Gasteiger partial charge in [0.15, 0.2) is 5.82 Å². The van der Waals surface area contributed by atoms with Crippen LogP contribution in [0, 0.1) is 32.6 Å². The lowest BCUT2D eigenvalue weighted by Gasteiger charge is -2.18. The first kappa shape index (κ1) is 23.0. The second-order valence-electron chi connectivity index (χ2n) is 8.63. The molecule has 0 saturated carbocycles. The second-order valence-corrected chi connectivity index (χ2v) is 9.83. The van der Waals surface area contributed by atoms with Crippen LogP contribution < -0.4 is 0 Å². The smallest absolute Gasteiger partial charge is 0.309 e. The molecular weight excluding hydrogens is 465 g/mol. The zero-order chi connectivity index (χ0) is 24.9. The number of halogens is 1. The monoisotopic (exact) mass is 489 g/mol. The summed E-state index contributed by atoms with van der Waals surface area (Å²) in [7, 11) is 0. The summed E-state index contributed by atoms with van der Waals surface area (Å²) in [5.41, 5.74) is 5.37. The van der Waals surface area contributed by atoms with Crippen LogP contribution in [0.15, 0.2) is 47.6 Å². The van der Waals surface area contributed by atoms with Gasteiger partial charge in [-0.1, -0.05) is 31.2 Å². The molecule has 0 bridgehead atoms. The standard InChI is InChI=1S/C26H24FN5O2S/c1-5-19(26(33)34)23-24-31-30-15(4)32(24)25-21(13(2)14(3)35-25)22(29-23)17-8-6-16(7-9-17)18-10-11-20(27)28-12-18/h6-12,19,23H,5H2,1-4H3,(H,33,34)/t19?,23-/m0/s1. The van der Waals surface area contributed by atoms with E-state index in [4.69, 9.17) is 4.99 Å². The number of carboxylic acid groups (broad SMARTS) is 1. The van der Waals surface area contributed by atoms with E-state index in [0.29, 0.717) is 18.1 Å². The molecule has 1 N–H and O–H groups in total. The number of hydrogen-bond donors (Lipinski definition) is 1. The summed E-state index contributed by atoms with van der Waals surface area (Å²) >= 11 is 1.63. The molecule has 1 aromatic carbocycles. The second kappa shape index (κ2) is 8.81. The summed E-state index contributed by atoms with van der Waals surface area (Å²) in [5, 5.41) is 19.6. The number of fused-ring (bicyclic) bond motifs is 3. The summed E-state index contributed by atoms with van der Waals surface area (Å²) in [5.74, 6) is -0.935. The van der Waals surface area contributed by atoms with Gasteiger partial charge < -0.3 is 5.11 Å². The largest absolute Gasteiger partial charge is 0.481 e. The van der Waals surface area contributed by atoms with E-state index >= 15 is 0 Å². The Kier molecular flexibility index (Phi) is 5.80. The first-order valence-electron chi connectivity index (χ1n) is 11.4. The van der Waals surface area contributed by atoms with Crippen LogP contribution in [-0.4, -0.2) is 36.5 Å².